The summed E-state index contributed by atoms with van der Waals surface area (Å²) >= 11 is 0. The maximum absolute atomic E-state index is 12.7. The van der Waals surface area contributed by atoms with E-state index >= 15 is 0 Å². The Labute approximate surface area is 144 Å². The van der Waals surface area contributed by atoms with Gasteiger partial charge in [-0.25, -0.2) is 0 Å². The fraction of sp³-hybridized carbons (Fsp3) is 0.632. The van der Waals surface area contributed by atoms with Crippen molar-refractivity contribution in [2.75, 3.05) is 19.6 Å². The molecule has 2 heterocycles. The summed E-state index contributed by atoms with van der Waals surface area (Å²) in [6, 6.07) is 4.20. The van der Waals surface area contributed by atoms with Gasteiger partial charge < -0.3 is 14.4 Å². The molecule has 2 rings (SSSR count). The standard InChI is InChI=1S/C19H28N2O3/c1-6-15-13-20(11-12-21(15)14(2)3)18(22)17-8-7-16(24-17)9-10-19(4,5)23/h7-8,14-15,23H,6,11-13H2,1-5H3/t15-/m1/s1. The Morgan fingerprint density at radius 1 is 1.42 bits per heavy atom. The van der Waals surface area contributed by atoms with Crippen molar-refractivity contribution in [3.05, 3.63) is 23.7 Å². The van der Waals surface area contributed by atoms with E-state index in [1.54, 1.807) is 26.0 Å². The second kappa shape index (κ2) is 7.42. The predicted molar refractivity (Wildman–Crippen MR) is 93.7 cm³/mol. The van der Waals surface area contributed by atoms with Crippen LogP contribution in [-0.2, 0) is 0 Å². The van der Waals surface area contributed by atoms with Gasteiger partial charge in [-0.15, -0.1) is 0 Å². The van der Waals surface area contributed by atoms with E-state index in [1.807, 2.05) is 4.90 Å². The Kier molecular flexibility index (Phi) is 5.74. The number of amides is 1. The van der Waals surface area contributed by atoms with Crippen LogP contribution in [0.25, 0.3) is 0 Å². The molecule has 0 aliphatic carbocycles. The van der Waals surface area contributed by atoms with E-state index in [-0.39, 0.29) is 5.91 Å². The monoisotopic (exact) mass is 332 g/mol. The zero-order valence-corrected chi connectivity index (χ0v) is 15.3. The Morgan fingerprint density at radius 3 is 2.71 bits per heavy atom. The normalized spacial score (nSPS) is 19.3. The third kappa shape index (κ3) is 4.62. The van der Waals surface area contributed by atoms with Gasteiger partial charge in [0.15, 0.2) is 11.5 Å². The van der Waals surface area contributed by atoms with Gasteiger partial charge in [0.1, 0.15) is 5.60 Å². The Bertz CT molecular complexity index is 631. The molecular weight excluding hydrogens is 304 g/mol. The number of aliphatic hydroxyl groups is 1. The van der Waals surface area contributed by atoms with Crippen LogP contribution in [0.5, 0.6) is 0 Å². The number of carbonyl (C=O) groups excluding carboxylic acids is 1. The summed E-state index contributed by atoms with van der Waals surface area (Å²) in [5.74, 6) is 6.06. The van der Waals surface area contributed by atoms with Crippen LogP contribution >= 0.6 is 0 Å². The van der Waals surface area contributed by atoms with Gasteiger partial charge in [0, 0.05) is 31.7 Å². The molecule has 1 N–H and O–H groups in total. The SMILES string of the molecule is CC[C@@H]1CN(C(=O)c2ccc(C#CC(C)(C)O)o2)CCN1C(C)C. The first-order valence-corrected chi connectivity index (χ1v) is 8.61. The summed E-state index contributed by atoms with van der Waals surface area (Å²) in [5.41, 5.74) is -1.08. The fourth-order valence-corrected chi connectivity index (χ4v) is 2.99. The highest BCUT2D eigenvalue weighted by Crippen LogP contribution is 2.19. The molecular formula is C19H28N2O3. The van der Waals surface area contributed by atoms with Crippen LogP contribution in [0.4, 0.5) is 0 Å². The van der Waals surface area contributed by atoms with Crippen molar-refractivity contribution in [3.63, 3.8) is 0 Å². The molecule has 0 saturated carbocycles. The lowest BCUT2D eigenvalue weighted by Gasteiger charge is -2.43. The summed E-state index contributed by atoms with van der Waals surface area (Å²) in [6.45, 7) is 12.1. The molecule has 0 spiro atoms. The first kappa shape index (κ1) is 18.6. The Balaban J connectivity index is 2.07. The maximum atomic E-state index is 12.7. The van der Waals surface area contributed by atoms with E-state index in [2.05, 4.69) is 37.5 Å². The van der Waals surface area contributed by atoms with Crippen molar-refractivity contribution in [3.8, 4) is 11.8 Å². The summed E-state index contributed by atoms with van der Waals surface area (Å²) in [7, 11) is 0. The molecule has 132 valence electrons. The number of hydrogen-bond acceptors (Lipinski definition) is 4. The van der Waals surface area contributed by atoms with E-state index in [9.17, 15) is 9.90 Å². The molecule has 1 atom stereocenters. The lowest BCUT2D eigenvalue weighted by Crippen LogP contribution is -2.56. The van der Waals surface area contributed by atoms with Gasteiger partial charge >= 0.3 is 0 Å². The second-order valence-electron chi connectivity index (χ2n) is 7.12. The van der Waals surface area contributed by atoms with Crippen molar-refractivity contribution in [2.45, 2.75) is 58.7 Å². The third-order valence-corrected chi connectivity index (χ3v) is 4.26. The maximum Gasteiger partial charge on any atom is 0.289 e. The first-order chi connectivity index (χ1) is 11.2. The lowest BCUT2D eigenvalue weighted by molar-refractivity contribution is 0.0349. The van der Waals surface area contributed by atoms with Crippen LogP contribution in [0, 0.1) is 11.8 Å². The van der Waals surface area contributed by atoms with Gasteiger partial charge in [0.05, 0.1) is 0 Å². The summed E-state index contributed by atoms with van der Waals surface area (Å²) < 4.78 is 5.55. The van der Waals surface area contributed by atoms with Crippen LogP contribution in [-0.4, -0.2) is 58.1 Å². The first-order valence-electron chi connectivity index (χ1n) is 8.61. The van der Waals surface area contributed by atoms with Crippen LogP contribution in [0.2, 0.25) is 0 Å². The largest absolute Gasteiger partial charge is 0.443 e. The second-order valence-corrected chi connectivity index (χ2v) is 7.12. The van der Waals surface area contributed by atoms with E-state index in [0.29, 0.717) is 30.1 Å². The third-order valence-electron chi connectivity index (χ3n) is 4.26. The summed E-state index contributed by atoms with van der Waals surface area (Å²) in [4.78, 5) is 17.0. The smallest absolute Gasteiger partial charge is 0.289 e. The number of piperazine rings is 1. The van der Waals surface area contributed by atoms with Gasteiger partial charge in [-0.2, -0.15) is 0 Å². The van der Waals surface area contributed by atoms with Crippen LogP contribution < -0.4 is 0 Å². The molecule has 1 saturated heterocycles. The lowest BCUT2D eigenvalue weighted by atomic mass is 10.1. The topological polar surface area (TPSA) is 56.9 Å². The van der Waals surface area contributed by atoms with Gasteiger partial charge in [-0.3, -0.25) is 9.69 Å². The molecule has 1 amide bonds. The zero-order chi connectivity index (χ0) is 17.9. The highest BCUT2D eigenvalue weighted by molar-refractivity contribution is 5.91. The number of hydrogen-bond donors (Lipinski definition) is 1. The molecule has 24 heavy (non-hydrogen) atoms. The molecule has 1 fully saturated rings. The molecule has 0 bridgehead atoms. The van der Waals surface area contributed by atoms with Crippen LogP contribution in [0.1, 0.15) is 57.4 Å². The highest BCUT2D eigenvalue weighted by Gasteiger charge is 2.31. The molecule has 1 aliphatic rings. The van der Waals surface area contributed by atoms with E-state index < -0.39 is 5.60 Å². The van der Waals surface area contributed by atoms with Crippen LogP contribution in [0.15, 0.2) is 16.5 Å². The average molecular weight is 332 g/mol. The van der Waals surface area contributed by atoms with Crippen molar-refractivity contribution < 1.29 is 14.3 Å². The molecule has 0 aromatic carbocycles. The summed E-state index contributed by atoms with van der Waals surface area (Å²) in [6.07, 6.45) is 1.02. The van der Waals surface area contributed by atoms with Crippen molar-refractivity contribution in [1.29, 1.82) is 0 Å². The quantitative estimate of drug-likeness (QED) is 0.863. The molecule has 1 aromatic heterocycles. The van der Waals surface area contributed by atoms with Gasteiger partial charge in [0.25, 0.3) is 5.91 Å². The number of rotatable bonds is 3. The van der Waals surface area contributed by atoms with Crippen molar-refractivity contribution in [2.24, 2.45) is 0 Å². The molecule has 0 unspecified atom stereocenters. The molecule has 5 nitrogen and oxygen atoms in total. The zero-order valence-electron chi connectivity index (χ0n) is 15.3. The minimum atomic E-state index is -1.08. The van der Waals surface area contributed by atoms with E-state index in [4.69, 9.17) is 4.42 Å². The minimum absolute atomic E-state index is 0.0897. The Hall–Kier alpha value is -1.77. The van der Waals surface area contributed by atoms with E-state index in [1.165, 1.54) is 0 Å². The fourth-order valence-electron chi connectivity index (χ4n) is 2.99. The number of furan rings is 1. The number of nitrogens with zero attached hydrogens (tertiary/aromatic N) is 2. The summed E-state index contributed by atoms with van der Waals surface area (Å²) in [5, 5.41) is 9.63. The van der Waals surface area contributed by atoms with Crippen molar-refractivity contribution >= 4 is 5.91 Å². The molecule has 5 heteroatoms. The Morgan fingerprint density at radius 2 is 2.12 bits per heavy atom. The molecule has 1 aromatic rings. The molecule has 0 radical (unpaired) electrons. The molecule has 1 aliphatic heterocycles. The van der Waals surface area contributed by atoms with Crippen LogP contribution in [0.3, 0.4) is 0 Å². The predicted octanol–water partition coefficient (Wildman–Crippen LogP) is 2.35. The minimum Gasteiger partial charge on any atom is -0.443 e. The number of carbonyl (C=O) groups is 1. The van der Waals surface area contributed by atoms with Gasteiger partial charge in [-0.05, 0) is 52.2 Å². The highest BCUT2D eigenvalue weighted by atomic mass is 16.4. The van der Waals surface area contributed by atoms with E-state index in [0.717, 1.165) is 19.5 Å². The van der Waals surface area contributed by atoms with Gasteiger partial charge in [-0.1, -0.05) is 12.8 Å². The van der Waals surface area contributed by atoms with Gasteiger partial charge in [0.2, 0.25) is 0 Å². The average Bonchev–Trinajstić information content (AvgIpc) is 2.99. The van der Waals surface area contributed by atoms with Crippen molar-refractivity contribution in [1.82, 2.24) is 9.80 Å².